The van der Waals surface area contributed by atoms with E-state index in [0.717, 1.165) is 19.3 Å². The minimum atomic E-state index is -0.911. The quantitative estimate of drug-likeness (QED) is 0.583. The molecular weight excluding hydrogens is 156 g/mol. The number of aliphatic hydroxyl groups excluding tert-OH is 1. The molecule has 0 aromatic rings. The number of aliphatic carboxylic acids is 1. The third kappa shape index (κ3) is 1.85. The largest absolute Gasteiger partial charge is 0.478 e. The Bertz CT molecular complexity index is 218. The van der Waals surface area contributed by atoms with Crippen molar-refractivity contribution in [2.75, 3.05) is 0 Å². The highest BCUT2D eigenvalue weighted by Gasteiger charge is 2.20. The molecule has 0 spiro atoms. The van der Waals surface area contributed by atoms with E-state index in [9.17, 15) is 9.90 Å². The fourth-order valence-electron chi connectivity index (χ4n) is 1.57. The molecule has 0 aromatic carbocycles. The van der Waals surface area contributed by atoms with Crippen molar-refractivity contribution in [2.45, 2.75) is 38.7 Å². The van der Waals surface area contributed by atoms with Crippen LogP contribution in [-0.2, 0) is 4.79 Å². The van der Waals surface area contributed by atoms with E-state index < -0.39 is 12.1 Å². The summed E-state index contributed by atoms with van der Waals surface area (Å²) in [5.41, 5.74) is 1.04. The molecule has 3 nitrogen and oxygen atoms in total. The summed E-state index contributed by atoms with van der Waals surface area (Å²) >= 11 is 0. The highest BCUT2D eigenvalue weighted by atomic mass is 16.4. The number of hydrogen-bond acceptors (Lipinski definition) is 2. The van der Waals surface area contributed by atoms with Gasteiger partial charge < -0.3 is 10.2 Å². The van der Waals surface area contributed by atoms with Gasteiger partial charge >= 0.3 is 5.97 Å². The maximum absolute atomic E-state index is 10.6. The predicted octanol–water partition coefficient (Wildman–Crippen LogP) is 1.32. The normalized spacial score (nSPS) is 28.3. The Morgan fingerprint density at radius 2 is 2.17 bits per heavy atom. The Morgan fingerprint density at radius 1 is 1.50 bits per heavy atom. The van der Waals surface area contributed by atoms with Crippen LogP contribution >= 0.6 is 0 Å². The Hall–Kier alpha value is -0.830. The van der Waals surface area contributed by atoms with E-state index in [4.69, 9.17) is 5.11 Å². The maximum Gasteiger partial charge on any atom is 0.331 e. The number of rotatable bonds is 1. The summed E-state index contributed by atoms with van der Waals surface area (Å²) < 4.78 is 0. The maximum atomic E-state index is 10.6. The molecule has 0 aromatic heterocycles. The Balaban J connectivity index is 2.82. The van der Waals surface area contributed by atoms with Crippen LogP contribution in [0.4, 0.5) is 0 Å². The predicted molar refractivity (Wildman–Crippen MR) is 44.8 cm³/mol. The van der Waals surface area contributed by atoms with Crippen molar-refractivity contribution >= 4 is 5.97 Å². The lowest BCUT2D eigenvalue weighted by Gasteiger charge is -2.21. The molecule has 3 heteroatoms. The minimum absolute atomic E-state index is 0.321. The summed E-state index contributed by atoms with van der Waals surface area (Å²) in [5, 5.41) is 18.2. The van der Waals surface area contributed by atoms with Gasteiger partial charge in [-0.1, -0.05) is 6.42 Å². The molecule has 0 radical (unpaired) electrons. The summed E-state index contributed by atoms with van der Waals surface area (Å²) in [6.45, 7) is 1.56. The summed E-state index contributed by atoms with van der Waals surface area (Å²) in [4.78, 5) is 10.6. The molecule has 1 unspecified atom stereocenters. The van der Waals surface area contributed by atoms with Crippen molar-refractivity contribution < 1.29 is 15.0 Å². The zero-order chi connectivity index (χ0) is 9.14. The van der Waals surface area contributed by atoms with Gasteiger partial charge in [-0.05, 0) is 31.8 Å². The first-order chi connectivity index (χ1) is 5.63. The SMILES string of the molecule is C/C(C(=O)O)=C1\CCCCC1O. The third-order valence-electron chi connectivity index (χ3n) is 2.38. The molecule has 0 heterocycles. The highest BCUT2D eigenvalue weighted by Crippen LogP contribution is 2.26. The van der Waals surface area contributed by atoms with Gasteiger partial charge in [-0.25, -0.2) is 4.79 Å². The van der Waals surface area contributed by atoms with E-state index in [2.05, 4.69) is 0 Å². The van der Waals surface area contributed by atoms with Crippen LogP contribution in [0.5, 0.6) is 0 Å². The molecule has 0 amide bonds. The Labute approximate surface area is 71.7 Å². The average Bonchev–Trinajstić information content (AvgIpc) is 2.04. The van der Waals surface area contributed by atoms with Gasteiger partial charge in [0.05, 0.1) is 6.10 Å². The number of carboxylic acid groups (broad SMARTS) is 1. The van der Waals surface area contributed by atoms with Crippen LogP contribution in [0.25, 0.3) is 0 Å². The number of carbonyl (C=O) groups is 1. The zero-order valence-corrected chi connectivity index (χ0v) is 7.21. The molecule has 12 heavy (non-hydrogen) atoms. The van der Waals surface area contributed by atoms with Crippen molar-refractivity contribution in [3.05, 3.63) is 11.1 Å². The van der Waals surface area contributed by atoms with Crippen molar-refractivity contribution in [3.8, 4) is 0 Å². The van der Waals surface area contributed by atoms with Crippen molar-refractivity contribution in [3.63, 3.8) is 0 Å². The zero-order valence-electron chi connectivity index (χ0n) is 7.21. The van der Waals surface area contributed by atoms with Gasteiger partial charge in [0.1, 0.15) is 0 Å². The smallest absolute Gasteiger partial charge is 0.331 e. The van der Waals surface area contributed by atoms with Gasteiger partial charge in [-0.3, -0.25) is 0 Å². The Kier molecular flexibility index (Phi) is 2.87. The lowest BCUT2D eigenvalue weighted by Crippen LogP contribution is -2.18. The number of hydrogen-bond donors (Lipinski definition) is 2. The third-order valence-corrected chi connectivity index (χ3v) is 2.38. The van der Waals surface area contributed by atoms with Crippen LogP contribution in [0, 0.1) is 0 Å². The molecule has 1 saturated carbocycles. The second-order valence-corrected chi connectivity index (χ2v) is 3.22. The molecule has 0 aliphatic heterocycles. The average molecular weight is 170 g/mol. The molecule has 1 rings (SSSR count). The van der Waals surface area contributed by atoms with E-state index in [0.29, 0.717) is 17.6 Å². The van der Waals surface area contributed by atoms with Crippen LogP contribution in [0.1, 0.15) is 32.6 Å². The lowest BCUT2D eigenvalue weighted by molar-refractivity contribution is -0.132. The van der Waals surface area contributed by atoms with E-state index in [1.54, 1.807) is 6.92 Å². The van der Waals surface area contributed by atoms with E-state index >= 15 is 0 Å². The van der Waals surface area contributed by atoms with Crippen LogP contribution < -0.4 is 0 Å². The topological polar surface area (TPSA) is 57.5 Å². The fourth-order valence-corrected chi connectivity index (χ4v) is 1.57. The van der Waals surface area contributed by atoms with E-state index in [1.165, 1.54) is 0 Å². The van der Waals surface area contributed by atoms with Crippen molar-refractivity contribution in [2.24, 2.45) is 0 Å². The molecule has 68 valence electrons. The second kappa shape index (κ2) is 3.72. The minimum Gasteiger partial charge on any atom is -0.478 e. The number of aliphatic hydroxyl groups is 1. The summed E-state index contributed by atoms with van der Waals surface area (Å²) in [7, 11) is 0. The van der Waals surface area contributed by atoms with Crippen LogP contribution in [0.3, 0.4) is 0 Å². The molecule has 0 saturated heterocycles. The molecular formula is C9H14O3. The van der Waals surface area contributed by atoms with Crippen LogP contribution in [-0.4, -0.2) is 22.3 Å². The van der Waals surface area contributed by atoms with Gasteiger partial charge in [0.2, 0.25) is 0 Å². The summed E-state index contributed by atoms with van der Waals surface area (Å²) in [5.74, 6) is -0.911. The molecule has 1 aliphatic rings. The Morgan fingerprint density at radius 3 is 2.67 bits per heavy atom. The van der Waals surface area contributed by atoms with Crippen molar-refractivity contribution in [1.82, 2.24) is 0 Å². The van der Waals surface area contributed by atoms with Crippen molar-refractivity contribution in [1.29, 1.82) is 0 Å². The van der Waals surface area contributed by atoms with Gasteiger partial charge in [0.15, 0.2) is 0 Å². The molecule has 1 aliphatic carbocycles. The van der Waals surface area contributed by atoms with Crippen LogP contribution in [0.15, 0.2) is 11.1 Å². The van der Waals surface area contributed by atoms with Crippen LogP contribution in [0.2, 0.25) is 0 Å². The standard InChI is InChI=1S/C9H14O3/c1-6(9(11)12)7-4-2-3-5-8(7)10/h8,10H,2-5H2,1H3,(H,11,12)/b7-6-. The van der Waals surface area contributed by atoms with Gasteiger partial charge in [0, 0.05) is 5.57 Å². The molecule has 2 N–H and O–H groups in total. The fraction of sp³-hybridized carbons (Fsp3) is 0.667. The highest BCUT2D eigenvalue weighted by molar-refractivity contribution is 5.87. The molecule has 0 bridgehead atoms. The summed E-state index contributed by atoms with van der Waals surface area (Å²) in [6.07, 6.45) is 2.92. The molecule has 1 fully saturated rings. The van der Waals surface area contributed by atoms with E-state index in [1.807, 2.05) is 0 Å². The van der Waals surface area contributed by atoms with Gasteiger partial charge in [-0.2, -0.15) is 0 Å². The first kappa shape index (κ1) is 9.26. The first-order valence-corrected chi connectivity index (χ1v) is 4.24. The lowest BCUT2D eigenvalue weighted by atomic mass is 9.89. The van der Waals surface area contributed by atoms with Gasteiger partial charge in [-0.15, -0.1) is 0 Å². The number of carboxylic acids is 1. The monoisotopic (exact) mass is 170 g/mol. The van der Waals surface area contributed by atoms with Gasteiger partial charge in [0.25, 0.3) is 0 Å². The first-order valence-electron chi connectivity index (χ1n) is 4.24. The van der Waals surface area contributed by atoms with E-state index in [-0.39, 0.29) is 0 Å². The second-order valence-electron chi connectivity index (χ2n) is 3.22. The molecule has 1 atom stereocenters. The summed E-state index contributed by atoms with van der Waals surface area (Å²) in [6, 6.07) is 0.